The molecule has 1 N–H and O–H groups in total. The number of aryl methyl sites for hydroxylation is 1. The van der Waals surface area contributed by atoms with Gasteiger partial charge in [0.05, 0.1) is 6.61 Å². The first-order valence-electron chi connectivity index (χ1n) is 5.22. The summed E-state index contributed by atoms with van der Waals surface area (Å²) in [5.74, 6) is -0.0154. The quantitative estimate of drug-likeness (QED) is 0.783. The van der Waals surface area contributed by atoms with E-state index >= 15 is 0 Å². The largest absolute Gasteiger partial charge is 0.395 e. The molecule has 0 fully saturated rings. The molecule has 4 nitrogen and oxygen atoms in total. The summed E-state index contributed by atoms with van der Waals surface area (Å²) in [5.41, 5.74) is 0.664. The van der Waals surface area contributed by atoms with Crippen molar-refractivity contribution in [2.45, 2.75) is 13.3 Å². The second-order valence-corrected chi connectivity index (χ2v) is 3.52. The number of hydrogen-bond donors (Lipinski definition) is 1. The summed E-state index contributed by atoms with van der Waals surface area (Å²) in [4.78, 5) is 13.7. The summed E-state index contributed by atoms with van der Waals surface area (Å²) in [6.07, 6.45) is 2.74. The Morgan fingerprint density at radius 3 is 2.73 bits per heavy atom. The van der Waals surface area contributed by atoms with Gasteiger partial charge in [-0.25, -0.2) is 0 Å². The topological polar surface area (TPSA) is 45.5 Å². The molecule has 0 aliphatic rings. The molecule has 0 saturated heterocycles. The highest BCUT2D eigenvalue weighted by atomic mass is 16.3. The van der Waals surface area contributed by atoms with E-state index in [-0.39, 0.29) is 12.5 Å². The first-order chi connectivity index (χ1) is 7.20. The van der Waals surface area contributed by atoms with Crippen LogP contribution in [0.25, 0.3) is 0 Å². The highest BCUT2D eigenvalue weighted by Crippen LogP contribution is 2.05. The van der Waals surface area contributed by atoms with Gasteiger partial charge in [0.15, 0.2) is 0 Å². The lowest BCUT2D eigenvalue weighted by molar-refractivity contribution is 0.0712. The van der Waals surface area contributed by atoms with Crippen LogP contribution in [-0.2, 0) is 7.05 Å². The maximum absolute atomic E-state index is 12.0. The van der Waals surface area contributed by atoms with Gasteiger partial charge in [-0.2, -0.15) is 0 Å². The van der Waals surface area contributed by atoms with Gasteiger partial charge >= 0.3 is 0 Å². The zero-order chi connectivity index (χ0) is 11.3. The molecule has 1 amide bonds. The Balaban J connectivity index is 2.76. The van der Waals surface area contributed by atoms with E-state index in [4.69, 9.17) is 5.11 Å². The predicted molar refractivity (Wildman–Crippen MR) is 58.7 cm³/mol. The molecule has 84 valence electrons. The minimum Gasteiger partial charge on any atom is -0.395 e. The molecule has 4 heteroatoms. The molecule has 0 aliphatic heterocycles. The van der Waals surface area contributed by atoms with Crippen LogP contribution in [0.3, 0.4) is 0 Å². The van der Waals surface area contributed by atoms with Gasteiger partial charge in [0, 0.05) is 26.3 Å². The molecule has 1 aromatic heterocycles. The fraction of sp³-hybridized carbons (Fsp3) is 0.545. The minimum absolute atomic E-state index is 0.0101. The molecule has 1 rings (SSSR count). The first-order valence-corrected chi connectivity index (χ1v) is 5.22. The van der Waals surface area contributed by atoms with E-state index in [1.54, 1.807) is 15.5 Å². The van der Waals surface area contributed by atoms with Crippen LogP contribution in [0.5, 0.6) is 0 Å². The lowest BCUT2D eigenvalue weighted by atomic mass is 10.3. The number of hydrogen-bond acceptors (Lipinski definition) is 2. The standard InChI is InChI=1S/C11H18N2O2/c1-3-6-13(8-9-14)11(15)10-5-4-7-12(10)2/h4-5,7,14H,3,6,8-9H2,1-2H3. The Morgan fingerprint density at radius 2 is 2.27 bits per heavy atom. The second-order valence-electron chi connectivity index (χ2n) is 3.52. The number of aromatic nitrogens is 1. The number of carbonyl (C=O) groups is 1. The molecule has 0 radical (unpaired) electrons. The summed E-state index contributed by atoms with van der Waals surface area (Å²) in [5, 5.41) is 8.88. The fourth-order valence-corrected chi connectivity index (χ4v) is 1.55. The zero-order valence-electron chi connectivity index (χ0n) is 9.31. The number of carbonyl (C=O) groups excluding carboxylic acids is 1. The minimum atomic E-state index is -0.0154. The van der Waals surface area contributed by atoms with Crippen molar-refractivity contribution in [2.75, 3.05) is 19.7 Å². The van der Waals surface area contributed by atoms with Gasteiger partial charge in [0.2, 0.25) is 0 Å². The van der Waals surface area contributed by atoms with Crippen LogP contribution in [0.4, 0.5) is 0 Å². The van der Waals surface area contributed by atoms with Crippen LogP contribution in [0, 0.1) is 0 Å². The van der Waals surface area contributed by atoms with Gasteiger partial charge < -0.3 is 14.6 Å². The predicted octanol–water partition coefficient (Wildman–Crippen LogP) is 0.870. The third-order valence-electron chi connectivity index (χ3n) is 2.31. The van der Waals surface area contributed by atoms with E-state index < -0.39 is 0 Å². The number of amides is 1. The molecule has 1 aromatic rings. The molecule has 0 atom stereocenters. The van der Waals surface area contributed by atoms with Gasteiger partial charge in [0.1, 0.15) is 5.69 Å². The van der Waals surface area contributed by atoms with Crippen molar-refractivity contribution < 1.29 is 9.90 Å². The van der Waals surface area contributed by atoms with Crippen LogP contribution in [0.2, 0.25) is 0 Å². The molecule has 0 unspecified atom stereocenters. The molecule has 0 spiro atoms. The van der Waals surface area contributed by atoms with Crippen molar-refractivity contribution >= 4 is 5.91 Å². The molecule has 1 heterocycles. The fourth-order valence-electron chi connectivity index (χ4n) is 1.55. The van der Waals surface area contributed by atoms with E-state index in [2.05, 4.69) is 0 Å². The Kier molecular flexibility index (Phi) is 4.37. The van der Waals surface area contributed by atoms with Gasteiger partial charge in [0.25, 0.3) is 5.91 Å². The summed E-state index contributed by atoms with van der Waals surface area (Å²) in [7, 11) is 1.84. The first kappa shape index (κ1) is 11.8. The van der Waals surface area contributed by atoms with Crippen LogP contribution < -0.4 is 0 Å². The van der Waals surface area contributed by atoms with Gasteiger partial charge in [-0.3, -0.25) is 4.79 Å². The molecule has 15 heavy (non-hydrogen) atoms. The van der Waals surface area contributed by atoms with Gasteiger partial charge in [-0.1, -0.05) is 6.92 Å². The Labute approximate surface area is 90.1 Å². The average Bonchev–Trinajstić information content (AvgIpc) is 2.63. The number of aliphatic hydroxyl groups is 1. The number of aliphatic hydroxyl groups excluding tert-OH is 1. The van der Waals surface area contributed by atoms with Gasteiger partial charge in [-0.05, 0) is 18.6 Å². The maximum atomic E-state index is 12.0. The second kappa shape index (κ2) is 5.56. The van der Waals surface area contributed by atoms with Crippen molar-refractivity contribution in [1.29, 1.82) is 0 Å². The zero-order valence-corrected chi connectivity index (χ0v) is 9.31. The molecule has 0 aromatic carbocycles. The Bertz CT molecular complexity index is 314. The van der Waals surface area contributed by atoms with Crippen LogP contribution >= 0.6 is 0 Å². The summed E-state index contributed by atoms with van der Waals surface area (Å²) in [6.45, 7) is 3.11. The molecule has 0 bridgehead atoms. The average molecular weight is 210 g/mol. The normalized spacial score (nSPS) is 10.3. The number of nitrogens with zero attached hydrogens (tertiary/aromatic N) is 2. The lowest BCUT2D eigenvalue weighted by Crippen LogP contribution is -2.35. The Hall–Kier alpha value is -1.29. The van der Waals surface area contributed by atoms with Crippen molar-refractivity contribution in [3.8, 4) is 0 Å². The molecular weight excluding hydrogens is 192 g/mol. The Morgan fingerprint density at radius 1 is 1.53 bits per heavy atom. The van der Waals surface area contributed by atoms with E-state index in [0.717, 1.165) is 6.42 Å². The van der Waals surface area contributed by atoms with Crippen LogP contribution in [-0.4, -0.2) is 40.2 Å². The number of rotatable bonds is 5. The van der Waals surface area contributed by atoms with Crippen molar-refractivity contribution in [2.24, 2.45) is 7.05 Å². The van der Waals surface area contributed by atoms with Crippen molar-refractivity contribution in [3.05, 3.63) is 24.0 Å². The van der Waals surface area contributed by atoms with Gasteiger partial charge in [-0.15, -0.1) is 0 Å². The molecule has 0 saturated carbocycles. The van der Waals surface area contributed by atoms with Crippen LogP contribution in [0.1, 0.15) is 23.8 Å². The maximum Gasteiger partial charge on any atom is 0.270 e. The smallest absolute Gasteiger partial charge is 0.270 e. The summed E-state index contributed by atoms with van der Waals surface area (Å²) < 4.78 is 1.79. The van der Waals surface area contributed by atoms with Crippen molar-refractivity contribution in [3.63, 3.8) is 0 Å². The highest BCUT2D eigenvalue weighted by molar-refractivity contribution is 5.92. The monoisotopic (exact) mass is 210 g/mol. The molecular formula is C11H18N2O2. The molecule has 0 aliphatic carbocycles. The summed E-state index contributed by atoms with van der Waals surface area (Å²) >= 11 is 0. The van der Waals surface area contributed by atoms with E-state index in [0.29, 0.717) is 18.8 Å². The van der Waals surface area contributed by atoms with Crippen molar-refractivity contribution in [1.82, 2.24) is 9.47 Å². The lowest BCUT2D eigenvalue weighted by Gasteiger charge is -2.21. The van der Waals surface area contributed by atoms with Crippen LogP contribution in [0.15, 0.2) is 18.3 Å². The highest BCUT2D eigenvalue weighted by Gasteiger charge is 2.16. The third-order valence-corrected chi connectivity index (χ3v) is 2.31. The third kappa shape index (κ3) is 2.83. The van der Waals surface area contributed by atoms with E-state index in [9.17, 15) is 4.79 Å². The SMILES string of the molecule is CCCN(CCO)C(=O)c1cccn1C. The van der Waals surface area contributed by atoms with E-state index in [1.165, 1.54) is 0 Å². The summed E-state index contributed by atoms with van der Waals surface area (Å²) in [6, 6.07) is 3.64. The van der Waals surface area contributed by atoms with E-state index in [1.807, 2.05) is 26.2 Å².